The van der Waals surface area contributed by atoms with Gasteiger partial charge in [-0.05, 0) is 63.7 Å². The average Bonchev–Trinajstić information content (AvgIpc) is 2.91. The fourth-order valence-corrected chi connectivity index (χ4v) is 4.59. The molecule has 1 heterocycles. The van der Waals surface area contributed by atoms with E-state index in [2.05, 4.69) is 15.5 Å². The number of aromatic carboxylic acids is 1. The van der Waals surface area contributed by atoms with Crippen LogP contribution in [0.4, 0.5) is 10.5 Å². The number of benzene rings is 2. The predicted molar refractivity (Wildman–Crippen MR) is 149 cm³/mol. The van der Waals surface area contributed by atoms with Gasteiger partial charge in [0.05, 0.1) is 24.6 Å². The van der Waals surface area contributed by atoms with E-state index in [0.717, 1.165) is 5.56 Å². The lowest BCUT2D eigenvalue weighted by molar-refractivity contribution is -0.134. The molecule has 1 aliphatic heterocycles. The minimum absolute atomic E-state index is 0.0226. The Morgan fingerprint density at radius 2 is 1.85 bits per heavy atom. The molecule has 0 fully saturated rings. The largest absolute Gasteiger partial charge is 0.488 e. The van der Waals surface area contributed by atoms with E-state index in [1.807, 2.05) is 34.7 Å². The van der Waals surface area contributed by atoms with Gasteiger partial charge in [0.15, 0.2) is 0 Å². The van der Waals surface area contributed by atoms with E-state index in [4.69, 9.17) is 9.84 Å². The monoisotopic (exact) mass is 540 g/mol. The number of fused-ring (bicyclic) bond motifs is 1. The SMILES string of the molecule is CC(C)NC(=O)Nc1ccc2c(c1)CC(=O)N([C@@H](C)CO)C[C@@H](C)[C@H](CN(C)Cc1ccc(C(=O)O)cc1)O2. The number of hydrogen-bond acceptors (Lipinski definition) is 6. The summed E-state index contributed by atoms with van der Waals surface area (Å²) in [6.45, 7) is 8.99. The van der Waals surface area contributed by atoms with Gasteiger partial charge in [0.1, 0.15) is 11.9 Å². The van der Waals surface area contributed by atoms with E-state index >= 15 is 0 Å². The molecule has 0 radical (unpaired) electrons. The van der Waals surface area contributed by atoms with Crippen LogP contribution >= 0.6 is 0 Å². The molecule has 0 unspecified atom stereocenters. The Bertz CT molecular complexity index is 1150. The number of carbonyl (C=O) groups excluding carboxylic acids is 2. The Labute approximate surface area is 229 Å². The van der Waals surface area contributed by atoms with Crippen molar-refractivity contribution >= 4 is 23.6 Å². The van der Waals surface area contributed by atoms with E-state index < -0.39 is 5.97 Å². The predicted octanol–water partition coefficient (Wildman–Crippen LogP) is 3.20. The van der Waals surface area contributed by atoms with Crippen molar-refractivity contribution in [2.24, 2.45) is 5.92 Å². The molecule has 0 saturated carbocycles. The van der Waals surface area contributed by atoms with Gasteiger partial charge in [-0.1, -0.05) is 19.1 Å². The Kier molecular flexibility index (Phi) is 10.3. The van der Waals surface area contributed by atoms with Crippen LogP contribution in [0, 0.1) is 5.92 Å². The molecule has 2 aromatic rings. The number of carbonyl (C=O) groups is 3. The molecule has 10 heteroatoms. The number of anilines is 1. The zero-order chi connectivity index (χ0) is 28.7. The topological polar surface area (TPSA) is 131 Å². The summed E-state index contributed by atoms with van der Waals surface area (Å²) in [5.41, 5.74) is 2.42. The molecular weight excluding hydrogens is 500 g/mol. The van der Waals surface area contributed by atoms with Crippen molar-refractivity contribution in [2.45, 2.75) is 58.8 Å². The molecule has 3 amide bonds. The lowest BCUT2D eigenvalue weighted by Gasteiger charge is -2.34. The molecule has 0 bridgehead atoms. The molecule has 4 N–H and O–H groups in total. The maximum absolute atomic E-state index is 13.4. The van der Waals surface area contributed by atoms with Crippen molar-refractivity contribution in [3.63, 3.8) is 0 Å². The Morgan fingerprint density at radius 1 is 1.15 bits per heavy atom. The van der Waals surface area contributed by atoms with Crippen LogP contribution in [0.15, 0.2) is 42.5 Å². The molecule has 0 saturated heterocycles. The first-order chi connectivity index (χ1) is 18.5. The summed E-state index contributed by atoms with van der Waals surface area (Å²) in [6, 6.07) is 11.4. The van der Waals surface area contributed by atoms with Crippen LogP contribution in [-0.2, 0) is 17.8 Å². The van der Waals surface area contributed by atoms with E-state index in [-0.39, 0.29) is 54.6 Å². The number of amides is 3. The molecule has 39 heavy (non-hydrogen) atoms. The summed E-state index contributed by atoms with van der Waals surface area (Å²) in [6.07, 6.45) is -0.207. The normalized spacial score (nSPS) is 18.5. The van der Waals surface area contributed by atoms with Gasteiger partial charge >= 0.3 is 12.0 Å². The van der Waals surface area contributed by atoms with Crippen LogP contribution in [0.2, 0.25) is 0 Å². The molecule has 3 atom stereocenters. The van der Waals surface area contributed by atoms with Gasteiger partial charge in [0.25, 0.3) is 0 Å². The average molecular weight is 541 g/mol. The van der Waals surface area contributed by atoms with Crippen LogP contribution in [0.3, 0.4) is 0 Å². The van der Waals surface area contributed by atoms with Crippen LogP contribution < -0.4 is 15.4 Å². The third-order valence-corrected chi connectivity index (χ3v) is 6.74. The first-order valence-corrected chi connectivity index (χ1v) is 13.2. The number of aliphatic hydroxyl groups excluding tert-OH is 1. The highest BCUT2D eigenvalue weighted by Gasteiger charge is 2.31. The van der Waals surface area contributed by atoms with Crippen LogP contribution in [0.1, 0.15) is 49.2 Å². The highest BCUT2D eigenvalue weighted by molar-refractivity contribution is 5.90. The number of likely N-dealkylation sites (N-methyl/N-ethyl adjacent to an activating group) is 1. The van der Waals surface area contributed by atoms with Crippen LogP contribution in [0.25, 0.3) is 0 Å². The molecule has 212 valence electrons. The first-order valence-electron chi connectivity index (χ1n) is 13.2. The summed E-state index contributed by atoms with van der Waals surface area (Å²) in [7, 11) is 1.97. The van der Waals surface area contributed by atoms with Gasteiger partial charge in [-0.15, -0.1) is 0 Å². The molecule has 0 aromatic heterocycles. The molecule has 3 rings (SSSR count). The maximum Gasteiger partial charge on any atom is 0.335 e. The lowest BCUT2D eigenvalue weighted by atomic mass is 10.0. The van der Waals surface area contributed by atoms with Crippen molar-refractivity contribution in [3.05, 3.63) is 59.2 Å². The molecular formula is C29H40N4O6. The van der Waals surface area contributed by atoms with E-state index in [9.17, 15) is 19.5 Å². The van der Waals surface area contributed by atoms with Gasteiger partial charge in [-0.25, -0.2) is 9.59 Å². The van der Waals surface area contributed by atoms with E-state index in [1.54, 1.807) is 47.4 Å². The summed E-state index contributed by atoms with van der Waals surface area (Å²) in [4.78, 5) is 40.6. The Balaban J connectivity index is 1.85. The van der Waals surface area contributed by atoms with Gasteiger partial charge in [-0.3, -0.25) is 9.69 Å². The van der Waals surface area contributed by atoms with Crippen LogP contribution in [0.5, 0.6) is 5.75 Å². The Hall–Kier alpha value is -3.63. The van der Waals surface area contributed by atoms with E-state index in [0.29, 0.717) is 36.6 Å². The number of nitrogens with zero attached hydrogens (tertiary/aromatic N) is 2. The molecule has 0 aliphatic carbocycles. The van der Waals surface area contributed by atoms with Crippen LogP contribution in [-0.4, -0.2) is 82.9 Å². The van der Waals surface area contributed by atoms with Gasteiger partial charge < -0.3 is 30.5 Å². The number of aliphatic hydroxyl groups is 1. The molecule has 1 aliphatic rings. The second kappa shape index (κ2) is 13.4. The second-order valence-corrected chi connectivity index (χ2v) is 10.7. The smallest absolute Gasteiger partial charge is 0.335 e. The molecule has 10 nitrogen and oxygen atoms in total. The zero-order valence-corrected chi connectivity index (χ0v) is 23.3. The fourth-order valence-electron chi connectivity index (χ4n) is 4.59. The van der Waals surface area contributed by atoms with Crippen molar-refractivity contribution in [2.75, 3.05) is 32.1 Å². The standard InChI is InChI=1S/C29H40N4O6/c1-18(2)30-29(38)31-24-10-11-25-23(12-24)13-27(35)33(20(4)17-34)14-19(3)26(39-25)16-32(5)15-21-6-8-22(9-7-21)28(36)37/h6-12,18-20,26,34H,13-17H2,1-5H3,(H,36,37)(H2,30,31,38)/t19-,20+,26+/m1/s1. The van der Waals surface area contributed by atoms with Gasteiger partial charge in [0, 0.05) is 42.8 Å². The summed E-state index contributed by atoms with van der Waals surface area (Å²) in [5.74, 6) is -0.561. The number of hydrogen-bond donors (Lipinski definition) is 4. The van der Waals surface area contributed by atoms with Crippen molar-refractivity contribution in [3.8, 4) is 5.75 Å². The summed E-state index contributed by atoms with van der Waals surface area (Å²) < 4.78 is 6.53. The van der Waals surface area contributed by atoms with Gasteiger partial charge in [0.2, 0.25) is 5.91 Å². The van der Waals surface area contributed by atoms with Gasteiger partial charge in [-0.2, -0.15) is 0 Å². The third-order valence-electron chi connectivity index (χ3n) is 6.74. The first kappa shape index (κ1) is 29.9. The summed E-state index contributed by atoms with van der Waals surface area (Å²) >= 11 is 0. The number of carboxylic acid groups (broad SMARTS) is 1. The molecule has 0 spiro atoms. The third kappa shape index (κ3) is 8.43. The molecule has 2 aromatic carbocycles. The maximum atomic E-state index is 13.4. The van der Waals surface area contributed by atoms with E-state index in [1.165, 1.54) is 0 Å². The summed E-state index contributed by atoms with van der Waals surface area (Å²) in [5, 5.41) is 24.6. The Morgan fingerprint density at radius 3 is 2.46 bits per heavy atom. The highest BCUT2D eigenvalue weighted by Crippen LogP contribution is 2.29. The quantitative estimate of drug-likeness (QED) is 0.384. The number of rotatable bonds is 9. The lowest BCUT2D eigenvalue weighted by Crippen LogP contribution is -2.47. The highest BCUT2D eigenvalue weighted by atomic mass is 16.5. The van der Waals surface area contributed by atoms with Crippen molar-refractivity contribution in [1.82, 2.24) is 15.1 Å². The number of nitrogens with one attached hydrogen (secondary N) is 2. The minimum Gasteiger partial charge on any atom is -0.488 e. The fraction of sp³-hybridized carbons (Fsp3) is 0.483. The number of carboxylic acids is 1. The zero-order valence-electron chi connectivity index (χ0n) is 23.3. The van der Waals surface area contributed by atoms with Crippen molar-refractivity contribution < 1.29 is 29.3 Å². The second-order valence-electron chi connectivity index (χ2n) is 10.7. The van der Waals surface area contributed by atoms with Crippen molar-refractivity contribution in [1.29, 1.82) is 0 Å². The minimum atomic E-state index is -0.962. The number of urea groups is 1. The number of ether oxygens (including phenoxy) is 1.